The molecule has 0 amide bonds. The number of aliphatic hydroxyl groups is 1. The van der Waals surface area contributed by atoms with Gasteiger partial charge in [-0.2, -0.15) is 17.6 Å². The second-order valence-corrected chi connectivity index (χ2v) is 14.1. The lowest BCUT2D eigenvalue weighted by molar-refractivity contribution is -0.0671. The highest BCUT2D eigenvalue weighted by atomic mass is 32.1. The van der Waals surface area contributed by atoms with Gasteiger partial charge < -0.3 is 35.8 Å². The summed E-state index contributed by atoms with van der Waals surface area (Å²) in [5.74, 6) is -0.721. The van der Waals surface area contributed by atoms with Crippen molar-refractivity contribution in [2.75, 3.05) is 30.4 Å². The van der Waals surface area contributed by atoms with Crippen molar-refractivity contribution in [3.05, 3.63) is 29.3 Å². The molecule has 8 N–H and O–H groups in total. The van der Waals surface area contributed by atoms with Crippen LogP contribution < -0.4 is 17.0 Å². The number of phosphoric acid groups is 2. The number of hydrogen-bond donors (Lipinski definition) is 7. The van der Waals surface area contributed by atoms with Crippen molar-refractivity contribution in [3.8, 4) is 0 Å². The zero-order chi connectivity index (χ0) is 33.2. The van der Waals surface area contributed by atoms with Gasteiger partial charge in [0.2, 0.25) is 5.95 Å². The third kappa shape index (κ3) is 5.96. The van der Waals surface area contributed by atoms with Gasteiger partial charge in [0.15, 0.2) is 35.1 Å². The van der Waals surface area contributed by atoms with Gasteiger partial charge in [-0.3, -0.25) is 37.0 Å². The molecule has 3 aliphatic rings. The summed E-state index contributed by atoms with van der Waals surface area (Å²) < 4.78 is 63.1. The third-order valence-corrected chi connectivity index (χ3v) is 10.2. The minimum atomic E-state index is -5.00. The van der Waals surface area contributed by atoms with E-state index in [0.717, 1.165) is 0 Å². The van der Waals surface area contributed by atoms with Gasteiger partial charge in [-0.1, -0.05) is 0 Å². The van der Waals surface area contributed by atoms with E-state index < -0.39 is 83.3 Å². The Labute approximate surface area is 268 Å². The molecule has 3 aliphatic heterocycles. The first kappa shape index (κ1) is 32.5. The molecule has 0 saturated carbocycles. The summed E-state index contributed by atoms with van der Waals surface area (Å²) in [6.45, 7) is -1.35. The van der Waals surface area contributed by atoms with Crippen LogP contribution >= 0.6 is 28.3 Å². The Balaban J connectivity index is 1.23. The maximum atomic E-state index is 13.5. The fraction of sp³-hybridized carbons (Fsp3) is 0.545. The number of aliphatic hydroxyl groups excluding tert-OH is 1. The predicted molar refractivity (Wildman–Crippen MR) is 159 cm³/mol. The van der Waals surface area contributed by atoms with Crippen LogP contribution in [0, 0.1) is 5.92 Å². The summed E-state index contributed by atoms with van der Waals surface area (Å²) in [5, 5.41) is 11.2. The highest BCUT2D eigenvalue weighted by molar-refractivity contribution is 7.80. The third-order valence-electron chi connectivity index (χ3n) is 7.97. The topological polar surface area (TPSA) is 309 Å². The van der Waals surface area contributed by atoms with E-state index >= 15 is 0 Å². The molecule has 0 aromatic carbocycles. The quantitative estimate of drug-likeness (QED) is 0.101. The normalized spacial score (nSPS) is 36.6. The van der Waals surface area contributed by atoms with Crippen molar-refractivity contribution >= 4 is 62.4 Å². The van der Waals surface area contributed by atoms with Gasteiger partial charge >= 0.3 is 15.6 Å². The molecule has 22 nitrogen and oxygen atoms in total. The van der Waals surface area contributed by atoms with Crippen molar-refractivity contribution in [2.24, 2.45) is 5.92 Å². The fourth-order valence-electron chi connectivity index (χ4n) is 5.90. The number of anilines is 2. The van der Waals surface area contributed by atoms with Crippen LogP contribution in [0.4, 0.5) is 11.8 Å². The average Bonchev–Trinajstić information content (AvgIpc) is 3.76. The predicted octanol–water partition coefficient (Wildman–Crippen LogP) is -0.766. The Morgan fingerprint density at radius 1 is 0.915 bits per heavy atom. The van der Waals surface area contributed by atoms with Crippen LogP contribution in [0.1, 0.15) is 18.9 Å². The Bertz CT molecular complexity index is 1980. The van der Waals surface area contributed by atoms with E-state index in [4.69, 9.17) is 39.0 Å². The second-order valence-electron chi connectivity index (χ2n) is 10.8. The Hall–Kier alpha value is -3.05. The molecule has 7 rings (SSSR count). The number of fused-ring (bicyclic) bond motifs is 5. The zero-order valence-electron chi connectivity index (χ0n) is 23.8. The monoisotopic (exact) mass is 718 g/mol. The number of ether oxygens (including phenoxy) is 2. The molecule has 4 aromatic rings. The van der Waals surface area contributed by atoms with Gasteiger partial charge in [-0.05, 0) is 12.2 Å². The van der Waals surface area contributed by atoms with Crippen LogP contribution in [0.15, 0.2) is 23.8 Å². The summed E-state index contributed by atoms with van der Waals surface area (Å²) in [4.78, 5) is 56.8. The van der Waals surface area contributed by atoms with Crippen molar-refractivity contribution in [1.29, 1.82) is 0 Å². The van der Waals surface area contributed by atoms with Crippen LogP contribution in [0.2, 0.25) is 0 Å². The number of nitrogens with two attached hydrogens (primary N) is 2. The van der Waals surface area contributed by atoms with E-state index in [1.807, 2.05) is 0 Å². The van der Waals surface area contributed by atoms with Crippen LogP contribution in [0.3, 0.4) is 0 Å². The Morgan fingerprint density at radius 3 is 2.28 bits per heavy atom. The number of nitrogens with one attached hydrogen (secondary N) is 1. The Kier molecular flexibility index (Phi) is 8.38. The Morgan fingerprint density at radius 2 is 1.55 bits per heavy atom. The molecule has 254 valence electrons. The number of aromatic amines is 1. The highest BCUT2D eigenvalue weighted by Crippen LogP contribution is 2.55. The number of phosphoric ester groups is 2. The lowest BCUT2D eigenvalue weighted by atomic mass is 9.95. The zero-order valence-corrected chi connectivity index (χ0v) is 26.5. The van der Waals surface area contributed by atoms with Crippen LogP contribution in [0.25, 0.3) is 22.3 Å². The maximum Gasteiger partial charge on any atom is 0.472 e. The molecule has 10 atom stereocenters. The number of imidazole rings is 2. The summed E-state index contributed by atoms with van der Waals surface area (Å²) in [6.07, 6.45) is -5.85. The number of nitrogen functional groups attached to an aromatic ring is 2. The summed E-state index contributed by atoms with van der Waals surface area (Å²) in [7, 11) is -9.99. The lowest BCUT2D eigenvalue weighted by Gasteiger charge is -2.26. The lowest BCUT2D eigenvalue weighted by Crippen LogP contribution is -2.36. The fourth-order valence-corrected chi connectivity index (χ4v) is 8.13. The number of H-pyrrole nitrogens is 1. The summed E-state index contributed by atoms with van der Waals surface area (Å²) in [5.41, 5.74) is 11.2. The van der Waals surface area contributed by atoms with E-state index in [2.05, 4.69) is 42.5 Å². The molecule has 2 bridgehead atoms. The smallest absolute Gasteiger partial charge is 0.386 e. The molecule has 25 heteroatoms. The molecule has 0 aliphatic carbocycles. The van der Waals surface area contributed by atoms with Crippen molar-refractivity contribution in [1.82, 2.24) is 39.0 Å². The number of hydrogen-bond acceptors (Lipinski definition) is 18. The molecular formula is C22H28N10O12P2S. The molecule has 3 unspecified atom stereocenters. The van der Waals surface area contributed by atoms with Gasteiger partial charge in [0, 0.05) is 5.92 Å². The van der Waals surface area contributed by atoms with Crippen LogP contribution in [0.5, 0.6) is 0 Å². The van der Waals surface area contributed by atoms with E-state index in [9.17, 15) is 28.8 Å². The van der Waals surface area contributed by atoms with Gasteiger partial charge in [0.25, 0.3) is 5.56 Å². The standard InChI is InChI=1S/C22H28N10O12P2S/c23-16-11-17(26-5-25-16)31(6-27-11)20-13(33)15-10(42-20)4-40-45(35,36)43-14-8(1-2-47)9(3-39-46(37,38)44-15)41-21(14)32-7-28-12-18(32)29-22(24)30-19(12)34/h5-10,13-15,20-21,33,47H,1-4H2,(H,35,36)(H,37,38)(H2,23,25,26)(H3,24,29,30,34)/t8?,9-,10-,13-,14-,15-,20-,21-/m1/s1. The molecule has 3 fully saturated rings. The van der Waals surface area contributed by atoms with E-state index in [0.29, 0.717) is 0 Å². The second kappa shape index (κ2) is 12.1. The largest absolute Gasteiger partial charge is 0.472 e. The summed E-state index contributed by atoms with van der Waals surface area (Å²) >= 11 is 4.29. The van der Waals surface area contributed by atoms with Crippen LogP contribution in [-0.4, -0.2) is 103 Å². The maximum absolute atomic E-state index is 13.5. The molecule has 4 aromatic heterocycles. The molecular weight excluding hydrogens is 690 g/mol. The average molecular weight is 719 g/mol. The molecule has 0 spiro atoms. The highest BCUT2D eigenvalue weighted by Gasteiger charge is 2.54. The molecule has 7 heterocycles. The van der Waals surface area contributed by atoms with E-state index in [1.54, 1.807) is 0 Å². The molecule has 3 saturated heterocycles. The van der Waals surface area contributed by atoms with E-state index in [-0.39, 0.29) is 46.3 Å². The van der Waals surface area contributed by atoms with Crippen molar-refractivity contribution in [3.63, 3.8) is 0 Å². The summed E-state index contributed by atoms with van der Waals surface area (Å²) in [6, 6.07) is 0. The molecule has 47 heavy (non-hydrogen) atoms. The first-order valence-corrected chi connectivity index (χ1v) is 17.5. The van der Waals surface area contributed by atoms with Crippen LogP contribution in [-0.2, 0) is 36.7 Å². The van der Waals surface area contributed by atoms with Gasteiger partial charge in [-0.15, -0.1) is 0 Å². The SMILES string of the molecule is Nc1nc2c(ncn2[C@@H]2O[C@@H]3COP(=O)(O)O[C@H]4[C@@H](O)[C@H](n5cnc6c(N)ncnc65)O[C@@H]4COP(=O)(O)O[C@@H]2C3CCS)c(=O)[nH]1. The van der Waals surface area contributed by atoms with Gasteiger partial charge in [0.05, 0.1) is 32.0 Å². The minimum Gasteiger partial charge on any atom is -0.386 e. The first-order chi connectivity index (χ1) is 22.4. The number of rotatable bonds is 4. The number of nitrogens with zero attached hydrogens (tertiary/aromatic N) is 7. The minimum absolute atomic E-state index is 0.0247. The van der Waals surface area contributed by atoms with Gasteiger partial charge in [0.1, 0.15) is 36.3 Å². The van der Waals surface area contributed by atoms with Crippen molar-refractivity contribution < 1.29 is 51.6 Å². The molecule has 0 radical (unpaired) electrons. The first-order valence-electron chi connectivity index (χ1n) is 13.9. The van der Waals surface area contributed by atoms with E-state index in [1.165, 1.54) is 28.1 Å². The van der Waals surface area contributed by atoms with Crippen molar-refractivity contribution in [2.45, 2.75) is 49.4 Å². The number of aromatic nitrogens is 8. The van der Waals surface area contributed by atoms with Gasteiger partial charge in [-0.25, -0.2) is 29.1 Å². The number of thiol groups is 1.